The molecule has 6 heteroatoms. The number of carbonyl (C=O) groups is 2. The fraction of sp³-hybridized carbons (Fsp3) is 0.286. The Morgan fingerprint density at radius 2 is 1.56 bits per heavy atom. The summed E-state index contributed by atoms with van der Waals surface area (Å²) in [7, 11) is 3.50. The SMILES string of the molecule is CN(C)C(=O)CCc1cccc(NC(=O)CNc2ccc(OCCCc3ccccc3)cc2)c1. The first kappa shape index (κ1) is 24.8. The summed E-state index contributed by atoms with van der Waals surface area (Å²) < 4.78 is 5.82. The van der Waals surface area contributed by atoms with Crippen LogP contribution >= 0.6 is 0 Å². The lowest BCUT2D eigenvalue weighted by atomic mass is 10.1. The maximum Gasteiger partial charge on any atom is 0.243 e. The minimum Gasteiger partial charge on any atom is -0.494 e. The van der Waals surface area contributed by atoms with Crippen LogP contribution in [0, 0.1) is 0 Å². The van der Waals surface area contributed by atoms with Crippen molar-refractivity contribution in [3.8, 4) is 5.75 Å². The highest BCUT2D eigenvalue weighted by Crippen LogP contribution is 2.17. The number of carbonyl (C=O) groups excluding carboxylic acids is 2. The summed E-state index contributed by atoms with van der Waals surface area (Å²) in [6, 6.07) is 25.6. The van der Waals surface area contributed by atoms with Crippen molar-refractivity contribution in [2.24, 2.45) is 0 Å². The number of hydrogen-bond acceptors (Lipinski definition) is 4. The van der Waals surface area contributed by atoms with Crippen molar-refractivity contribution in [1.82, 2.24) is 4.90 Å². The molecule has 0 heterocycles. The van der Waals surface area contributed by atoms with Crippen LogP contribution in [0.2, 0.25) is 0 Å². The highest BCUT2D eigenvalue weighted by atomic mass is 16.5. The maximum atomic E-state index is 12.4. The first-order valence-electron chi connectivity index (χ1n) is 11.6. The highest BCUT2D eigenvalue weighted by Gasteiger charge is 2.07. The van der Waals surface area contributed by atoms with E-state index in [0.717, 1.165) is 35.5 Å². The molecule has 3 aromatic rings. The van der Waals surface area contributed by atoms with Gasteiger partial charge in [-0.3, -0.25) is 9.59 Å². The number of nitrogens with zero attached hydrogens (tertiary/aromatic N) is 1. The molecule has 0 aromatic heterocycles. The molecule has 0 atom stereocenters. The van der Waals surface area contributed by atoms with Gasteiger partial charge in [0.05, 0.1) is 13.2 Å². The summed E-state index contributed by atoms with van der Waals surface area (Å²) in [6.07, 6.45) is 3.03. The van der Waals surface area contributed by atoms with Gasteiger partial charge in [0.2, 0.25) is 11.8 Å². The number of rotatable bonds is 12. The normalized spacial score (nSPS) is 10.4. The molecule has 3 aromatic carbocycles. The van der Waals surface area contributed by atoms with Gasteiger partial charge in [0, 0.05) is 31.9 Å². The Morgan fingerprint density at radius 3 is 2.29 bits per heavy atom. The molecular weight excluding hydrogens is 426 g/mol. The molecule has 0 unspecified atom stereocenters. The van der Waals surface area contributed by atoms with Crippen LogP contribution in [0.5, 0.6) is 5.75 Å². The summed E-state index contributed by atoms with van der Waals surface area (Å²) in [6.45, 7) is 0.813. The molecule has 0 fully saturated rings. The Kier molecular flexibility index (Phi) is 9.52. The number of anilines is 2. The van der Waals surface area contributed by atoms with Crippen LogP contribution in [0.25, 0.3) is 0 Å². The van der Waals surface area contributed by atoms with Crippen LogP contribution in [-0.4, -0.2) is 44.0 Å². The Balaban J connectivity index is 1.37. The lowest BCUT2D eigenvalue weighted by molar-refractivity contribution is -0.128. The van der Waals surface area contributed by atoms with Crippen molar-refractivity contribution in [2.75, 3.05) is 37.9 Å². The maximum absolute atomic E-state index is 12.4. The zero-order valence-corrected chi connectivity index (χ0v) is 19.9. The lowest BCUT2D eigenvalue weighted by Crippen LogP contribution is -2.22. The second kappa shape index (κ2) is 13.0. The van der Waals surface area contributed by atoms with Crippen molar-refractivity contribution < 1.29 is 14.3 Å². The summed E-state index contributed by atoms with van der Waals surface area (Å²) in [5, 5.41) is 6.03. The zero-order chi connectivity index (χ0) is 24.2. The van der Waals surface area contributed by atoms with Gasteiger partial charge in [-0.25, -0.2) is 0 Å². The van der Waals surface area contributed by atoms with E-state index in [1.807, 2.05) is 54.6 Å². The number of benzene rings is 3. The lowest BCUT2D eigenvalue weighted by Gasteiger charge is -2.11. The summed E-state index contributed by atoms with van der Waals surface area (Å²) in [4.78, 5) is 25.7. The van der Waals surface area contributed by atoms with E-state index in [9.17, 15) is 9.59 Å². The zero-order valence-electron chi connectivity index (χ0n) is 19.9. The van der Waals surface area contributed by atoms with Crippen molar-refractivity contribution in [2.45, 2.75) is 25.7 Å². The molecule has 0 aliphatic heterocycles. The van der Waals surface area contributed by atoms with Crippen molar-refractivity contribution >= 4 is 23.2 Å². The van der Waals surface area contributed by atoms with E-state index in [0.29, 0.717) is 19.4 Å². The van der Waals surface area contributed by atoms with E-state index in [1.54, 1.807) is 19.0 Å². The number of hydrogen-bond donors (Lipinski definition) is 2. The first-order chi connectivity index (χ1) is 16.5. The largest absolute Gasteiger partial charge is 0.494 e. The predicted molar refractivity (Wildman–Crippen MR) is 137 cm³/mol. The van der Waals surface area contributed by atoms with Gasteiger partial charge in [0.15, 0.2) is 0 Å². The van der Waals surface area contributed by atoms with Crippen LogP contribution in [-0.2, 0) is 22.4 Å². The molecule has 178 valence electrons. The standard InChI is InChI=1S/C28H33N3O3/c1-31(2)28(33)18-13-23-10-6-12-25(20-23)30-27(32)21-29-24-14-16-26(17-15-24)34-19-7-11-22-8-4-3-5-9-22/h3-6,8-10,12,14-17,20,29H,7,11,13,18-19,21H2,1-2H3,(H,30,32). The van der Waals surface area contributed by atoms with Crippen molar-refractivity contribution in [1.29, 1.82) is 0 Å². The Morgan fingerprint density at radius 1 is 0.824 bits per heavy atom. The Labute approximate surface area is 201 Å². The molecule has 2 amide bonds. The van der Waals surface area contributed by atoms with Gasteiger partial charge in [0.1, 0.15) is 5.75 Å². The second-order valence-electron chi connectivity index (χ2n) is 8.35. The van der Waals surface area contributed by atoms with Crippen LogP contribution in [0.15, 0.2) is 78.9 Å². The molecule has 0 saturated heterocycles. The number of ether oxygens (including phenoxy) is 1. The smallest absolute Gasteiger partial charge is 0.243 e. The number of amides is 2. The molecule has 0 saturated carbocycles. The number of aryl methyl sites for hydroxylation is 2. The van der Waals surface area contributed by atoms with Gasteiger partial charge in [0.25, 0.3) is 0 Å². The van der Waals surface area contributed by atoms with E-state index >= 15 is 0 Å². The van der Waals surface area contributed by atoms with E-state index in [2.05, 4.69) is 34.9 Å². The fourth-order valence-electron chi connectivity index (χ4n) is 3.45. The minimum atomic E-state index is -0.136. The van der Waals surface area contributed by atoms with E-state index in [4.69, 9.17) is 4.74 Å². The Hall–Kier alpha value is -3.80. The molecule has 0 radical (unpaired) electrons. The minimum absolute atomic E-state index is 0.0854. The quantitative estimate of drug-likeness (QED) is 0.383. The fourth-order valence-corrected chi connectivity index (χ4v) is 3.45. The monoisotopic (exact) mass is 459 g/mol. The third-order valence-electron chi connectivity index (χ3n) is 5.37. The predicted octanol–water partition coefficient (Wildman–Crippen LogP) is 4.77. The Bertz CT molecular complexity index is 1050. The summed E-state index contributed by atoms with van der Waals surface area (Å²) in [5.41, 5.74) is 3.90. The molecular formula is C28H33N3O3. The van der Waals surface area contributed by atoms with Crippen molar-refractivity contribution in [3.63, 3.8) is 0 Å². The van der Waals surface area contributed by atoms with Gasteiger partial charge in [-0.2, -0.15) is 0 Å². The van der Waals surface area contributed by atoms with E-state index in [-0.39, 0.29) is 18.4 Å². The molecule has 0 bridgehead atoms. The molecule has 0 spiro atoms. The van der Waals surface area contributed by atoms with Crippen LogP contribution < -0.4 is 15.4 Å². The van der Waals surface area contributed by atoms with E-state index in [1.165, 1.54) is 5.56 Å². The molecule has 6 nitrogen and oxygen atoms in total. The van der Waals surface area contributed by atoms with Gasteiger partial charge >= 0.3 is 0 Å². The highest BCUT2D eigenvalue weighted by molar-refractivity contribution is 5.93. The molecule has 0 aliphatic carbocycles. The third kappa shape index (κ3) is 8.62. The van der Waals surface area contributed by atoms with Crippen LogP contribution in [0.4, 0.5) is 11.4 Å². The van der Waals surface area contributed by atoms with Gasteiger partial charge in [-0.05, 0) is 66.8 Å². The topological polar surface area (TPSA) is 70.7 Å². The first-order valence-corrected chi connectivity index (χ1v) is 11.6. The molecule has 0 aliphatic rings. The van der Waals surface area contributed by atoms with E-state index < -0.39 is 0 Å². The third-order valence-corrected chi connectivity index (χ3v) is 5.37. The van der Waals surface area contributed by atoms with Gasteiger partial charge in [-0.1, -0.05) is 42.5 Å². The van der Waals surface area contributed by atoms with Gasteiger partial charge < -0.3 is 20.3 Å². The average molecular weight is 460 g/mol. The second-order valence-corrected chi connectivity index (χ2v) is 8.35. The summed E-state index contributed by atoms with van der Waals surface area (Å²) in [5.74, 6) is 0.762. The molecule has 2 N–H and O–H groups in total. The van der Waals surface area contributed by atoms with Gasteiger partial charge in [-0.15, -0.1) is 0 Å². The number of nitrogens with one attached hydrogen (secondary N) is 2. The van der Waals surface area contributed by atoms with Crippen LogP contribution in [0.1, 0.15) is 24.0 Å². The molecule has 3 rings (SSSR count). The average Bonchev–Trinajstić information content (AvgIpc) is 2.85. The van der Waals surface area contributed by atoms with Crippen molar-refractivity contribution in [3.05, 3.63) is 90.0 Å². The molecule has 34 heavy (non-hydrogen) atoms. The summed E-state index contributed by atoms with van der Waals surface area (Å²) >= 11 is 0. The van der Waals surface area contributed by atoms with Crippen LogP contribution in [0.3, 0.4) is 0 Å².